The van der Waals surface area contributed by atoms with Gasteiger partial charge in [0.2, 0.25) is 0 Å². The molecule has 1 aliphatic heterocycles. The Morgan fingerprint density at radius 1 is 1.44 bits per heavy atom. The largest absolute Gasteiger partial charge is 0.394 e. The van der Waals surface area contributed by atoms with Crippen molar-refractivity contribution in [3.63, 3.8) is 0 Å². The van der Waals surface area contributed by atoms with Gasteiger partial charge in [-0.2, -0.15) is 0 Å². The Morgan fingerprint density at radius 2 is 2.11 bits per heavy atom. The van der Waals surface area contributed by atoms with Crippen LogP contribution in [0.1, 0.15) is 0 Å². The standard InChI is InChI=1S/C5H9O4/c6-1-4-5(8)3(7)2-9-4/h2-8H,1H2/t3-,4-,5+/m1/s1. The molecular formula is C5H9O4. The second-order valence-electron chi connectivity index (χ2n) is 1.97. The predicted octanol–water partition coefficient (Wildman–Crippen LogP) is -1.74. The Bertz CT molecular complexity index is 95.0. The topological polar surface area (TPSA) is 69.9 Å². The Kier molecular flexibility index (Phi) is 2.02. The van der Waals surface area contributed by atoms with Gasteiger partial charge < -0.3 is 20.1 Å². The molecular weight excluding hydrogens is 124 g/mol. The minimum absolute atomic E-state index is 0.269. The van der Waals surface area contributed by atoms with Crippen LogP contribution in [0, 0.1) is 6.61 Å². The molecule has 0 aliphatic carbocycles. The van der Waals surface area contributed by atoms with Crippen molar-refractivity contribution in [1.29, 1.82) is 0 Å². The molecule has 0 spiro atoms. The number of rotatable bonds is 1. The lowest BCUT2D eigenvalue weighted by atomic mass is 10.2. The molecule has 1 radical (unpaired) electrons. The molecule has 0 unspecified atom stereocenters. The molecule has 3 N–H and O–H groups in total. The van der Waals surface area contributed by atoms with Crippen LogP contribution in [0.4, 0.5) is 0 Å². The lowest BCUT2D eigenvalue weighted by Gasteiger charge is -2.10. The van der Waals surface area contributed by atoms with Crippen molar-refractivity contribution in [2.24, 2.45) is 0 Å². The third-order valence-electron chi connectivity index (χ3n) is 1.30. The zero-order valence-corrected chi connectivity index (χ0v) is 4.77. The number of ether oxygens (including phenoxy) is 1. The quantitative estimate of drug-likeness (QED) is 0.397. The zero-order chi connectivity index (χ0) is 6.85. The molecule has 1 fully saturated rings. The number of hydrogen-bond donors (Lipinski definition) is 3. The van der Waals surface area contributed by atoms with E-state index in [1.165, 1.54) is 0 Å². The molecule has 0 amide bonds. The summed E-state index contributed by atoms with van der Waals surface area (Å²) < 4.78 is 4.65. The third kappa shape index (κ3) is 1.21. The van der Waals surface area contributed by atoms with Gasteiger partial charge in [0.15, 0.2) is 0 Å². The van der Waals surface area contributed by atoms with Gasteiger partial charge in [0.05, 0.1) is 6.61 Å². The van der Waals surface area contributed by atoms with Crippen LogP contribution in [0.25, 0.3) is 0 Å². The first-order valence-electron chi connectivity index (χ1n) is 2.71. The summed E-state index contributed by atoms with van der Waals surface area (Å²) in [7, 11) is 0. The second kappa shape index (κ2) is 2.62. The number of hydrogen-bond acceptors (Lipinski definition) is 4. The summed E-state index contributed by atoms with van der Waals surface area (Å²) in [5.74, 6) is 0. The average molecular weight is 133 g/mol. The molecule has 0 saturated carbocycles. The highest BCUT2D eigenvalue weighted by molar-refractivity contribution is 4.89. The van der Waals surface area contributed by atoms with Crippen molar-refractivity contribution in [3.05, 3.63) is 6.61 Å². The van der Waals surface area contributed by atoms with E-state index in [1.54, 1.807) is 0 Å². The van der Waals surface area contributed by atoms with E-state index in [0.29, 0.717) is 0 Å². The van der Waals surface area contributed by atoms with Crippen LogP contribution >= 0.6 is 0 Å². The van der Waals surface area contributed by atoms with Crippen molar-refractivity contribution in [3.8, 4) is 0 Å². The Hall–Kier alpha value is -0.160. The second-order valence-corrected chi connectivity index (χ2v) is 1.97. The fourth-order valence-electron chi connectivity index (χ4n) is 0.713. The Morgan fingerprint density at radius 3 is 2.33 bits per heavy atom. The van der Waals surface area contributed by atoms with Crippen LogP contribution in [0.3, 0.4) is 0 Å². The molecule has 0 bridgehead atoms. The SMILES string of the molecule is OC[C@H]1O[CH][C@@H](O)[C@@H]1O. The van der Waals surface area contributed by atoms with Crippen molar-refractivity contribution in [2.45, 2.75) is 18.3 Å². The summed E-state index contributed by atoms with van der Waals surface area (Å²) >= 11 is 0. The molecule has 3 atom stereocenters. The van der Waals surface area contributed by atoms with Gasteiger partial charge in [0, 0.05) is 0 Å². The van der Waals surface area contributed by atoms with Crippen LogP contribution in [0.15, 0.2) is 0 Å². The maximum Gasteiger partial charge on any atom is 0.115 e. The summed E-state index contributed by atoms with van der Waals surface area (Å²) in [5, 5.41) is 26.1. The van der Waals surface area contributed by atoms with Gasteiger partial charge in [0.25, 0.3) is 0 Å². The van der Waals surface area contributed by atoms with E-state index < -0.39 is 18.3 Å². The van der Waals surface area contributed by atoms with E-state index in [2.05, 4.69) is 4.74 Å². The molecule has 53 valence electrons. The molecule has 0 aromatic rings. The summed E-state index contributed by atoms with van der Waals surface area (Å²) in [6, 6.07) is 0. The molecule has 9 heavy (non-hydrogen) atoms. The van der Waals surface area contributed by atoms with Crippen LogP contribution in [-0.4, -0.2) is 40.2 Å². The summed E-state index contributed by atoms with van der Waals surface area (Å²) in [4.78, 5) is 0. The Balaban J connectivity index is 2.41. The van der Waals surface area contributed by atoms with Gasteiger partial charge >= 0.3 is 0 Å². The monoisotopic (exact) mass is 133 g/mol. The fraction of sp³-hybridized carbons (Fsp3) is 0.800. The van der Waals surface area contributed by atoms with Gasteiger partial charge in [-0.15, -0.1) is 0 Å². The molecule has 0 aromatic heterocycles. The molecule has 1 aliphatic rings. The minimum Gasteiger partial charge on any atom is -0.394 e. The highest BCUT2D eigenvalue weighted by Crippen LogP contribution is 2.16. The van der Waals surface area contributed by atoms with Crippen molar-refractivity contribution in [2.75, 3.05) is 6.61 Å². The fourth-order valence-corrected chi connectivity index (χ4v) is 0.713. The smallest absolute Gasteiger partial charge is 0.115 e. The first-order chi connectivity index (χ1) is 4.25. The molecule has 1 saturated heterocycles. The van der Waals surface area contributed by atoms with E-state index >= 15 is 0 Å². The first kappa shape index (κ1) is 6.95. The predicted molar refractivity (Wildman–Crippen MR) is 28.3 cm³/mol. The van der Waals surface area contributed by atoms with E-state index in [4.69, 9.17) is 15.3 Å². The van der Waals surface area contributed by atoms with Crippen LogP contribution < -0.4 is 0 Å². The summed E-state index contributed by atoms with van der Waals surface area (Å²) in [6.45, 7) is 0.848. The zero-order valence-electron chi connectivity index (χ0n) is 4.77. The lowest BCUT2D eigenvalue weighted by molar-refractivity contribution is -0.00317. The molecule has 1 rings (SSSR count). The van der Waals surface area contributed by atoms with Gasteiger partial charge in [-0.25, -0.2) is 0 Å². The Labute approximate surface area is 52.7 Å². The molecule has 4 nitrogen and oxygen atoms in total. The summed E-state index contributed by atoms with van der Waals surface area (Å²) in [6.07, 6.45) is -2.59. The van der Waals surface area contributed by atoms with Crippen LogP contribution in [-0.2, 0) is 4.74 Å². The first-order valence-corrected chi connectivity index (χ1v) is 2.71. The van der Waals surface area contributed by atoms with Gasteiger partial charge in [-0.05, 0) is 0 Å². The van der Waals surface area contributed by atoms with Crippen molar-refractivity contribution >= 4 is 0 Å². The minimum atomic E-state index is -0.977. The molecule has 4 heteroatoms. The average Bonchev–Trinajstić information content (AvgIpc) is 2.15. The molecule has 0 aromatic carbocycles. The maximum atomic E-state index is 8.89. The van der Waals surface area contributed by atoms with Crippen LogP contribution in [0.5, 0.6) is 0 Å². The van der Waals surface area contributed by atoms with E-state index in [0.717, 1.165) is 6.61 Å². The van der Waals surface area contributed by atoms with E-state index in [1.807, 2.05) is 0 Å². The maximum absolute atomic E-state index is 8.89. The highest BCUT2D eigenvalue weighted by Gasteiger charge is 2.34. The van der Waals surface area contributed by atoms with Crippen molar-refractivity contribution in [1.82, 2.24) is 0 Å². The third-order valence-corrected chi connectivity index (χ3v) is 1.30. The van der Waals surface area contributed by atoms with Crippen LogP contribution in [0.2, 0.25) is 0 Å². The number of aliphatic hydroxyl groups is 3. The van der Waals surface area contributed by atoms with Gasteiger partial charge in [-0.1, -0.05) is 0 Å². The lowest BCUT2D eigenvalue weighted by Crippen LogP contribution is -2.31. The van der Waals surface area contributed by atoms with Gasteiger partial charge in [-0.3, -0.25) is 0 Å². The van der Waals surface area contributed by atoms with E-state index in [-0.39, 0.29) is 6.61 Å². The summed E-state index contributed by atoms with van der Waals surface area (Å²) in [5.41, 5.74) is 0. The van der Waals surface area contributed by atoms with Gasteiger partial charge in [0.1, 0.15) is 24.9 Å². The highest BCUT2D eigenvalue weighted by atomic mass is 16.5. The van der Waals surface area contributed by atoms with Crippen molar-refractivity contribution < 1.29 is 20.1 Å². The van der Waals surface area contributed by atoms with E-state index in [9.17, 15) is 0 Å². The number of aliphatic hydroxyl groups excluding tert-OH is 3. The normalized spacial score (nSPS) is 43.7. The molecule has 1 heterocycles.